The molecule has 2 aromatic carbocycles. The topological polar surface area (TPSA) is 110 Å². The summed E-state index contributed by atoms with van der Waals surface area (Å²) in [7, 11) is 3.24. The van der Waals surface area contributed by atoms with Gasteiger partial charge in [-0.05, 0) is 31.2 Å². The molecule has 29 heavy (non-hydrogen) atoms. The zero-order valence-electron chi connectivity index (χ0n) is 16.9. The molecular formula is C20H27N5O4. The van der Waals surface area contributed by atoms with Crippen LogP contribution in [-0.4, -0.2) is 44.7 Å². The molecule has 0 spiro atoms. The van der Waals surface area contributed by atoms with E-state index < -0.39 is 4.92 Å². The minimum absolute atomic E-state index is 0.0733. The first-order valence-corrected chi connectivity index (χ1v) is 9.28. The molecule has 2 aromatic rings. The van der Waals surface area contributed by atoms with Gasteiger partial charge < -0.3 is 25.4 Å². The summed E-state index contributed by atoms with van der Waals surface area (Å²) in [4.78, 5) is 14.9. The van der Waals surface area contributed by atoms with E-state index in [1.54, 1.807) is 26.4 Å². The molecule has 9 heteroatoms. The second-order valence-electron chi connectivity index (χ2n) is 6.03. The smallest absolute Gasteiger partial charge is 0.269 e. The van der Waals surface area contributed by atoms with Gasteiger partial charge in [0.15, 0.2) is 5.96 Å². The number of aliphatic imine (C=N–C) groups is 1. The molecule has 0 radical (unpaired) electrons. The van der Waals surface area contributed by atoms with Crippen molar-refractivity contribution in [1.82, 2.24) is 10.6 Å². The molecule has 0 fully saturated rings. The van der Waals surface area contributed by atoms with Gasteiger partial charge >= 0.3 is 0 Å². The van der Waals surface area contributed by atoms with Crippen molar-refractivity contribution in [2.75, 3.05) is 39.2 Å². The third-order valence-corrected chi connectivity index (χ3v) is 4.07. The van der Waals surface area contributed by atoms with E-state index in [1.165, 1.54) is 12.1 Å². The lowest BCUT2D eigenvalue weighted by atomic mass is 10.2. The van der Waals surface area contributed by atoms with Crippen LogP contribution >= 0.6 is 0 Å². The van der Waals surface area contributed by atoms with Gasteiger partial charge in [-0.1, -0.05) is 0 Å². The van der Waals surface area contributed by atoms with Crippen LogP contribution in [0.5, 0.6) is 11.5 Å². The number of methoxy groups -OCH3 is 2. The molecule has 0 saturated heterocycles. The normalized spacial score (nSPS) is 10.9. The third-order valence-electron chi connectivity index (χ3n) is 4.07. The molecule has 9 nitrogen and oxygen atoms in total. The number of rotatable bonds is 10. The minimum Gasteiger partial charge on any atom is -0.497 e. The van der Waals surface area contributed by atoms with Gasteiger partial charge in [0.2, 0.25) is 0 Å². The van der Waals surface area contributed by atoms with E-state index in [-0.39, 0.29) is 5.69 Å². The highest BCUT2D eigenvalue weighted by molar-refractivity contribution is 5.79. The number of hydrogen-bond donors (Lipinski definition) is 3. The van der Waals surface area contributed by atoms with Crippen LogP contribution in [-0.2, 0) is 6.54 Å². The molecule has 0 amide bonds. The number of guanidine groups is 1. The van der Waals surface area contributed by atoms with Crippen molar-refractivity contribution in [1.29, 1.82) is 0 Å². The zero-order chi connectivity index (χ0) is 21.1. The van der Waals surface area contributed by atoms with Gasteiger partial charge in [0.25, 0.3) is 5.69 Å². The first-order chi connectivity index (χ1) is 14.1. The molecule has 0 heterocycles. The molecule has 0 aliphatic carbocycles. The lowest BCUT2D eigenvalue weighted by Crippen LogP contribution is -2.39. The number of hydrogen-bond acceptors (Lipinski definition) is 6. The number of anilines is 1. The number of ether oxygens (including phenoxy) is 2. The van der Waals surface area contributed by atoms with Crippen molar-refractivity contribution in [3.8, 4) is 11.5 Å². The maximum atomic E-state index is 10.7. The van der Waals surface area contributed by atoms with E-state index in [1.807, 2.05) is 25.1 Å². The van der Waals surface area contributed by atoms with Crippen LogP contribution < -0.4 is 25.4 Å². The summed E-state index contributed by atoms with van der Waals surface area (Å²) in [6.45, 7) is 4.45. The van der Waals surface area contributed by atoms with Crippen LogP contribution in [0.1, 0.15) is 12.5 Å². The molecule has 0 aliphatic heterocycles. The lowest BCUT2D eigenvalue weighted by molar-refractivity contribution is -0.384. The maximum Gasteiger partial charge on any atom is 0.269 e. The quantitative estimate of drug-likeness (QED) is 0.185. The Hall–Kier alpha value is -3.49. The van der Waals surface area contributed by atoms with E-state index in [9.17, 15) is 10.1 Å². The van der Waals surface area contributed by atoms with Crippen LogP contribution in [0.2, 0.25) is 0 Å². The summed E-state index contributed by atoms with van der Waals surface area (Å²) in [6.07, 6.45) is 0. The summed E-state index contributed by atoms with van der Waals surface area (Å²) in [5.41, 5.74) is 1.85. The van der Waals surface area contributed by atoms with Crippen LogP contribution in [0.15, 0.2) is 47.5 Å². The van der Waals surface area contributed by atoms with Gasteiger partial charge in [-0.15, -0.1) is 0 Å². The van der Waals surface area contributed by atoms with Crippen LogP contribution in [0.3, 0.4) is 0 Å². The number of nitrogens with zero attached hydrogens (tertiary/aromatic N) is 2. The first-order valence-electron chi connectivity index (χ1n) is 9.28. The second kappa shape index (κ2) is 11.4. The molecule has 0 saturated carbocycles. The van der Waals surface area contributed by atoms with Gasteiger partial charge in [0.1, 0.15) is 11.5 Å². The summed E-state index contributed by atoms with van der Waals surface area (Å²) < 4.78 is 10.6. The lowest BCUT2D eigenvalue weighted by Gasteiger charge is -2.13. The van der Waals surface area contributed by atoms with Gasteiger partial charge in [-0.2, -0.15) is 0 Å². The number of nitro benzene ring substituents is 1. The molecule has 0 atom stereocenters. The van der Waals surface area contributed by atoms with Crippen molar-refractivity contribution in [3.63, 3.8) is 0 Å². The monoisotopic (exact) mass is 401 g/mol. The van der Waals surface area contributed by atoms with E-state index in [2.05, 4.69) is 20.9 Å². The van der Waals surface area contributed by atoms with Crippen LogP contribution in [0, 0.1) is 10.1 Å². The molecule has 156 valence electrons. The second-order valence-corrected chi connectivity index (χ2v) is 6.03. The maximum absolute atomic E-state index is 10.7. The Morgan fingerprint density at radius 1 is 1.07 bits per heavy atom. The third kappa shape index (κ3) is 6.87. The van der Waals surface area contributed by atoms with Gasteiger partial charge in [-0.25, -0.2) is 4.99 Å². The minimum atomic E-state index is -0.414. The molecular weight excluding hydrogens is 374 g/mol. The largest absolute Gasteiger partial charge is 0.497 e. The Balaban J connectivity index is 1.88. The Labute approximate surface area is 170 Å². The van der Waals surface area contributed by atoms with Gasteiger partial charge in [0, 0.05) is 49.1 Å². The number of non-ortho nitro benzene ring substituents is 1. The van der Waals surface area contributed by atoms with Crippen molar-refractivity contribution in [2.24, 2.45) is 4.99 Å². The Kier molecular flexibility index (Phi) is 8.55. The molecule has 0 aromatic heterocycles. The highest BCUT2D eigenvalue weighted by atomic mass is 16.6. The van der Waals surface area contributed by atoms with E-state index in [4.69, 9.17) is 9.47 Å². The fourth-order valence-corrected chi connectivity index (χ4v) is 2.58. The summed E-state index contributed by atoms with van der Waals surface area (Å²) in [5.74, 6) is 2.15. The van der Waals surface area contributed by atoms with Gasteiger partial charge in [-0.3, -0.25) is 10.1 Å². The Morgan fingerprint density at radius 3 is 2.45 bits per heavy atom. The summed E-state index contributed by atoms with van der Waals surface area (Å²) >= 11 is 0. The average molecular weight is 401 g/mol. The van der Waals surface area contributed by atoms with Crippen molar-refractivity contribution in [3.05, 3.63) is 58.1 Å². The molecule has 3 N–H and O–H groups in total. The Morgan fingerprint density at radius 2 is 1.83 bits per heavy atom. The first kappa shape index (κ1) is 21.8. The summed E-state index contributed by atoms with van der Waals surface area (Å²) in [6, 6.07) is 12.0. The van der Waals surface area contributed by atoms with Crippen molar-refractivity contribution < 1.29 is 14.4 Å². The van der Waals surface area contributed by atoms with E-state index in [0.717, 1.165) is 29.3 Å². The SMILES string of the molecule is CCNC(=NCc1ccc(OC)cc1OC)NCCNc1ccc([N+](=O)[O-])cc1. The van der Waals surface area contributed by atoms with Gasteiger partial charge in [0.05, 0.1) is 25.7 Å². The highest BCUT2D eigenvalue weighted by Crippen LogP contribution is 2.25. The predicted molar refractivity (Wildman–Crippen MR) is 114 cm³/mol. The van der Waals surface area contributed by atoms with E-state index in [0.29, 0.717) is 25.6 Å². The molecule has 0 aliphatic rings. The highest BCUT2D eigenvalue weighted by Gasteiger charge is 2.06. The number of nitrogens with one attached hydrogen (secondary N) is 3. The predicted octanol–water partition coefficient (Wildman–Crippen LogP) is 2.78. The van der Waals surface area contributed by atoms with Crippen LogP contribution in [0.25, 0.3) is 0 Å². The number of nitro groups is 1. The summed E-state index contributed by atoms with van der Waals surface area (Å²) in [5, 5.41) is 20.4. The van der Waals surface area contributed by atoms with E-state index >= 15 is 0 Å². The molecule has 2 rings (SSSR count). The standard InChI is InChI=1S/C20H27N5O4/c1-4-21-20(24-14-15-5-10-18(28-2)13-19(15)29-3)23-12-11-22-16-6-8-17(9-7-16)25(26)27/h5-10,13,22H,4,11-12,14H2,1-3H3,(H2,21,23,24). The zero-order valence-corrected chi connectivity index (χ0v) is 16.9. The number of benzene rings is 2. The molecule has 0 bridgehead atoms. The fourth-order valence-electron chi connectivity index (χ4n) is 2.58. The Bertz CT molecular complexity index is 824. The van der Waals surface area contributed by atoms with Crippen molar-refractivity contribution in [2.45, 2.75) is 13.5 Å². The van der Waals surface area contributed by atoms with Crippen molar-refractivity contribution >= 4 is 17.3 Å². The average Bonchev–Trinajstić information content (AvgIpc) is 2.75. The molecule has 0 unspecified atom stereocenters. The fraction of sp³-hybridized carbons (Fsp3) is 0.350. The van der Waals surface area contributed by atoms with Crippen LogP contribution in [0.4, 0.5) is 11.4 Å².